The van der Waals surface area contributed by atoms with Crippen molar-refractivity contribution in [1.82, 2.24) is 19.7 Å². The van der Waals surface area contributed by atoms with Crippen molar-refractivity contribution in [2.75, 3.05) is 30.9 Å². The molecule has 1 aliphatic carbocycles. The van der Waals surface area contributed by atoms with Gasteiger partial charge in [0.15, 0.2) is 0 Å². The summed E-state index contributed by atoms with van der Waals surface area (Å²) in [6, 6.07) is 11.4. The van der Waals surface area contributed by atoms with Gasteiger partial charge in [0, 0.05) is 50.7 Å². The Bertz CT molecular complexity index is 1820. The van der Waals surface area contributed by atoms with E-state index in [9.17, 15) is 13.8 Å². The van der Waals surface area contributed by atoms with E-state index in [-0.39, 0.29) is 23.8 Å². The maximum absolute atomic E-state index is 14.2. The summed E-state index contributed by atoms with van der Waals surface area (Å²) in [5, 5.41) is 8.96. The van der Waals surface area contributed by atoms with Gasteiger partial charge in [0.2, 0.25) is 5.91 Å². The van der Waals surface area contributed by atoms with Crippen LogP contribution in [0.5, 0.6) is 5.75 Å². The fraction of sp³-hybridized carbons (Fsp3) is 0.500. The number of hydrogen-bond donors (Lipinski definition) is 1. The quantitative estimate of drug-likeness (QED) is 0.327. The van der Waals surface area contributed by atoms with Crippen molar-refractivity contribution in [1.29, 1.82) is 0 Å². The highest BCUT2D eigenvalue weighted by atomic mass is 35.5. The van der Waals surface area contributed by atoms with E-state index in [1.165, 1.54) is 15.9 Å². The van der Waals surface area contributed by atoms with Gasteiger partial charge in [-0.15, -0.1) is 4.36 Å². The van der Waals surface area contributed by atoms with Gasteiger partial charge in [-0.1, -0.05) is 29.8 Å². The van der Waals surface area contributed by atoms with Gasteiger partial charge in [-0.05, 0) is 98.2 Å². The highest BCUT2D eigenvalue weighted by molar-refractivity contribution is 7.92. The molecule has 3 heterocycles. The summed E-state index contributed by atoms with van der Waals surface area (Å²) >= 11 is 6.45. The molecular formula is C36H45ClN6O5S. The van der Waals surface area contributed by atoms with Gasteiger partial charge in [0.25, 0.3) is 5.91 Å². The second-order valence-corrected chi connectivity index (χ2v) is 15.7. The number of benzene rings is 2. The molecule has 13 heteroatoms. The molecule has 2 aliphatic heterocycles. The Labute approximate surface area is 293 Å². The number of allylic oxidation sites excluding steroid dienone is 1. The van der Waals surface area contributed by atoms with Gasteiger partial charge >= 0.3 is 0 Å². The molecule has 6 rings (SSSR count). The standard InChI is InChI=1S/C36H45ClN6O5S/c1-42-38-22-30(39-42)14-17-35(44)40-49(46)19-7-3-4-9-33(47-2)31-15-11-28(31)24-43-23-27-10-13-29(37)20-25(27)8-5-6-18-48-34-16-12-26(21-32(34)43)36(45)41-49/h4,9-10,12-13,16,20-22,28,31,33H,3,5-8,11,14-15,17-19,23-24H2,1-2H3,(H,40,41,44,45,46)/b9-4+/t28-,31+,33-,49?/m0/s1. The molecule has 1 N–H and O–H groups in total. The Morgan fingerprint density at radius 1 is 1.14 bits per heavy atom. The number of carbonyl (C=O) groups excluding carboxylic acids is 2. The molecule has 262 valence electrons. The number of nitrogens with one attached hydrogen (secondary N) is 1. The van der Waals surface area contributed by atoms with Crippen molar-refractivity contribution in [2.24, 2.45) is 23.2 Å². The molecular weight excluding hydrogens is 664 g/mol. The van der Waals surface area contributed by atoms with Crippen molar-refractivity contribution in [2.45, 2.75) is 70.4 Å². The lowest BCUT2D eigenvalue weighted by Gasteiger charge is -2.43. The minimum absolute atomic E-state index is 0.0309. The van der Waals surface area contributed by atoms with Crippen molar-refractivity contribution in [3.8, 4) is 5.75 Å². The van der Waals surface area contributed by atoms with Gasteiger partial charge in [0.1, 0.15) is 15.7 Å². The maximum atomic E-state index is 14.2. The molecule has 3 aliphatic rings. The predicted octanol–water partition coefficient (Wildman–Crippen LogP) is 5.85. The van der Waals surface area contributed by atoms with Gasteiger partial charge in [0.05, 0.1) is 36.0 Å². The molecule has 11 nitrogen and oxygen atoms in total. The van der Waals surface area contributed by atoms with Crippen molar-refractivity contribution < 1.29 is 23.3 Å². The first-order chi connectivity index (χ1) is 23.7. The number of hydrogen-bond acceptors (Lipinski definition) is 8. The van der Waals surface area contributed by atoms with Crippen LogP contribution in [0.15, 0.2) is 59.1 Å². The molecule has 0 spiro atoms. The predicted molar refractivity (Wildman–Crippen MR) is 190 cm³/mol. The number of carbonyl (C=O) groups is 2. The van der Waals surface area contributed by atoms with E-state index < -0.39 is 21.7 Å². The molecule has 49 heavy (non-hydrogen) atoms. The van der Waals surface area contributed by atoms with Crippen LogP contribution in [0.1, 0.15) is 72.1 Å². The average Bonchev–Trinajstić information content (AvgIpc) is 3.48. The van der Waals surface area contributed by atoms with Gasteiger partial charge < -0.3 is 14.4 Å². The van der Waals surface area contributed by atoms with Crippen molar-refractivity contribution in [3.05, 3.63) is 82.2 Å². The Hall–Kier alpha value is -3.74. The lowest BCUT2D eigenvalue weighted by atomic mass is 9.70. The van der Waals surface area contributed by atoms with Crippen LogP contribution in [0.25, 0.3) is 0 Å². The number of anilines is 1. The van der Waals surface area contributed by atoms with E-state index >= 15 is 0 Å². The summed E-state index contributed by atoms with van der Waals surface area (Å²) in [6.45, 7) is 1.88. The number of methoxy groups -OCH3 is 1. The Kier molecular flexibility index (Phi) is 11.4. The van der Waals surface area contributed by atoms with Crippen LogP contribution >= 0.6 is 11.6 Å². The third-order valence-corrected chi connectivity index (χ3v) is 11.8. The summed E-state index contributed by atoms with van der Waals surface area (Å²) in [5.41, 5.74) is 4.10. The third-order valence-electron chi connectivity index (χ3n) is 9.68. The maximum Gasteiger partial charge on any atom is 0.286 e. The van der Waals surface area contributed by atoms with Crippen molar-refractivity contribution >= 4 is 39.0 Å². The Morgan fingerprint density at radius 2 is 2.02 bits per heavy atom. The van der Waals surface area contributed by atoms with E-state index in [4.69, 9.17) is 21.1 Å². The summed E-state index contributed by atoms with van der Waals surface area (Å²) in [6.07, 6.45) is 12.0. The van der Waals surface area contributed by atoms with Crippen LogP contribution < -0.4 is 14.4 Å². The Balaban J connectivity index is 1.37. The molecule has 1 aromatic heterocycles. The highest BCUT2D eigenvalue weighted by Gasteiger charge is 2.38. The molecule has 2 amide bonds. The zero-order valence-electron chi connectivity index (χ0n) is 28.2. The summed E-state index contributed by atoms with van der Waals surface area (Å²) in [5.74, 6) is 0.310. The average molecular weight is 709 g/mol. The number of amides is 2. The van der Waals surface area contributed by atoms with E-state index in [0.717, 1.165) is 44.3 Å². The topological polar surface area (TPSA) is 128 Å². The summed E-state index contributed by atoms with van der Waals surface area (Å²) in [4.78, 5) is 30.6. The van der Waals surface area contributed by atoms with Crippen LogP contribution in [0.2, 0.25) is 5.02 Å². The third kappa shape index (κ3) is 8.90. The largest absolute Gasteiger partial charge is 0.491 e. The smallest absolute Gasteiger partial charge is 0.286 e. The SMILES string of the molecule is CO[C@H]1/C=C/CCCS(=O)(NC(=O)CCc2cnn(C)n2)=NC(=O)c2ccc3c(c2)N(Cc2ccc(Cl)cc2CCCCO3)C[C@@H]2CC[C@H]21. The van der Waals surface area contributed by atoms with Gasteiger partial charge in [-0.3, -0.25) is 14.3 Å². The fourth-order valence-corrected chi connectivity index (χ4v) is 8.72. The van der Waals surface area contributed by atoms with E-state index in [1.807, 2.05) is 12.1 Å². The molecule has 2 bridgehead atoms. The first-order valence-corrected chi connectivity index (χ1v) is 19.2. The number of aromatic nitrogens is 3. The second-order valence-electron chi connectivity index (χ2n) is 13.1. The number of halogens is 1. The van der Waals surface area contributed by atoms with E-state index in [2.05, 4.69) is 48.5 Å². The molecule has 1 unspecified atom stereocenters. The zero-order valence-corrected chi connectivity index (χ0v) is 29.8. The minimum atomic E-state index is -3.44. The van der Waals surface area contributed by atoms with Crippen LogP contribution in [0.4, 0.5) is 5.69 Å². The minimum Gasteiger partial charge on any atom is -0.491 e. The van der Waals surface area contributed by atoms with Crippen LogP contribution in [-0.4, -0.2) is 63.1 Å². The van der Waals surface area contributed by atoms with Crippen molar-refractivity contribution in [3.63, 3.8) is 0 Å². The van der Waals surface area contributed by atoms with E-state index in [0.29, 0.717) is 60.7 Å². The molecule has 0 radical (unpaired) electrons. The van der Waals surface area contributed by atoms with E-state index in [1.54, 1.807) is 32.5 Å². The highest BCUT2D eigenvalue weighted by Crippen LogP contribution is 2.42. The molecule has 3 aromatic rings. The molecule has 1 fully saturated rings. The first-order valence-electron chi connectivity index (χ1n) is 17.1. The normalized spacial score (nSPS) is 25.3. The Morgan fingerprint density at radius 3 is 2.80 bits per heavy atom. The van der Waals surface area contributed by atoms with Gasteiger partial charge in [-0.25, -0.2) is 4.21 Å². The lowest BCUT2D eigenvalue weighted by molar-refractivity contribution is -0.119. The number of nitrogens with zero attached hydrogens (tertiary/aromatic N) is 5. The monoisotopic (exact) mass is 708 g/mol. The summed E-state index contributed by atoms with van der Waals surface area (Å²) in [7, 11) is 0.0135. The number of rotatable bonds is 5. The number of ether oxygens (including phenoxy) is 2. The first kappa shape index (κ1) is 35.1. The number of aryl methyl sites for hydroxylation is 3. The molecule has 4 atom stereocenters. The fourth-order valence-electron chi connectivity index (χ4n) is 6.89. The molecule has 0 saturated heterocycles. The van der Waals surface area contributed by atoms with Crippen LogP contribution in [-0.2, 0) is 45.9 Å². The van der Waals surface area contributed by atoms with Crippen LogP contribution in [0.3, 0.4) is 0 Å². The lowest BCUT2D eigenvalue weighted by Crippen LogP contribution is -2.43. The summed E-state index contributed by atoms with van der Waals surface area (Å²) < 4.78 is 33.4. The molecule has 1 saturated carbocycles. The zero-order chi connectivity index (χ0) is 34.4. The number of fused-ring (bicyclic) bond motifs is 3. The molecule has 2 aromatic carbocycles. The van der Waals surface area contributed by atoms with Crippen LogP contribution in [0, 0.1) is 11.8 Å². The second kappa shape index (κ2) is 15.9. The van der Waals surface area contributed by atoms with Gasteiger partial charge in [-0.2, -0.15) is 15.0 Å².